The second-order valence-electron chi connectivity index (χ2n) is 8.66. The average Bonchev–Trinajstić information content (AvgIpc) is 3.31. The number of aromatic nitrogens is 4. The summed E-state index contributed by atoms with van der Waals surface area (Å²) >= 11 is 0. The first kappa shape index (κ1) is 22.5. The lowest BCUT2D eigenvalue weighted by Gasteiger charge is -2.34. The van der Waals surface area contributed by atoms with Gasteiger partial charge in [-0.3, -0.25) is 14.7 Å². The maximum Gasteiger partial charge on any atom is 0.250 e. The number of nitrogens with one attached hydrogen (secondary N) is 1. The van der Waals surface area contributed by atoms with Crippen LogP contribution in [0.25, 0.3) is 27.0 Å². The molecule has 0 aliphatic carbocycles. The Kier molecular flexibility index (Phi) is 6.37. The predicted octanol–water partition coefficient (Wildman–Crippen LogP) is 3.42. The van der Waals surface area contributed by atoms with E-state index in [9.17, 15) is 4.79 Å². The fraction of sp³-hybridized carbons (Fsp3) is 0.269. The number of hydrogen-bond acceptors (Lipinski definition) is 6. The van der Waals surface area contributed by atoms with Crippen molar-refractivity contribution in [2.45, 2.75) is 12.8 Å². The minimum Gasteiger partial charge on any atom is -0.366 e. The number of nitrogens with zero attached hydrogens (tertiary/aromatic N) is 6. The van der Waals surface area contributed by atoms with E-state index in [1.165, 1.54) is 11.8 Å². The molecule has 9 nitrogen and oxygen atoms in total. The van der Waals surface area contributed by atoms with Crippen molar-refractivity contribution in [3.63, 3.8) is 0 Å². The van der Waals surface area contributed by atoms with Gasteiger partial charge in [-0.1, -0.05) is 6.07 Å². The third-order valence-corrected chi connectivity index (χ3v) is 6.44. The predicted molar refractivity (Wildman–Crippen MR) is 135 cm³/mol. The number of anilines is 1. The maximum atomic E-state index is 11.2. The Morgan fingerprint density at radius 1 is 1.06 bits per heavy atom. The van der Waals surface area contributed by atoms with Crippen LogP contribution in [0.3, 0.4) is 0 Å². The molecular weight excluding hydrogens is 440 g/mol. The standard InChI is InChI=1S/C26H26N8O/c1-28-21-5-7-24-22(13-21)18(14-30-24)3-2-8-33-9-11-34(12-10-33)26-31-16-20(17-32-26)23-6-4-19(15-29-23)25(27)35/h4-7,13-17,30H,2-3,8-12H2,(H2,27,35). The lowest BCUT2D eigenvalue weighted by Crippen LogP contribution is -2.47. The Balaban J connectivity index is 1.12. The van der Waals surface area contributed by atoms with E-state index in [-0.39, 0.29) is 0 Å². The molecule has 0 atom stereocenters. The fourth-order valence-electron chi connectivity index (χ4n) is 4.43. The average molecular weight is 467 g/mol. The molecule has 1 fully saturated rings. The van der Waals surface area contributed by atoms with Crippen LogP contribution in [0.1, 0.15) is 22.3 Å². The zero-order chi connectivity index (χ0) is 24.2. The lowest BCUT2D eigenvalue weighted by molar-refractivity contribution is 0.1000. The number of carbonyl (C=O) groups excluding carboxylic acids is 1. The van der Waals surface area contributed by atoms with Gasteiger partial charge in [0.25, 0.3) is 0 Å². The SMILES string of the molecule is [C-]#[N+]c1ccc2[nH]cc(CCCN3CCN(c4ncc(-c5ccc(C(N)=O)cn5)cn4)CC3)c2c1. The van der Waals surface area contributed by atoms with Gasteiger partial charge in [0, 0.05) is 62.0 Å². The van der Waals surface area contributed by atoms with Crippen molar-refractivity contribution in [3.8, 4) is 11.3 Å². The summed E-state index contributed by atoms with van der Waals surface area (Å²) in [6.45, 7) is 12.0. The minimum absolute atomic E-state index is 0.375. The minimum atomic E-state index is -0.497. The molecule has 35 heavy (non-hydrogen) atoms. The molecule has 0 radical (unpaired) electrons. The highest BCUT2D eigenvalue weighted by Gasteiger charge is 2.19. The number of amides is 1. The molecule has 0 bridgehead atoms. The number of primary amides is 1. The summed E-state index contributed by atoms with van der Waals surface area (Å²) < 4.78 is 0. The van der Waals surface area contributed by atoms with E-state index >= 15 is 0 Å². The fourth-order valence-corrected chi connectivity index (χ4v) is 4.43. The number of aryl methyl sites for hydroxylation is 1. The van der Waals surface area contributed by atoms with Gasteiger partial charge < -0.3 is 15.6 Å². The molecule has 1 aromatic carbocycles. The number of aromatic amines is 1. The number of carbonyl (C=O) groups is 1. The number of rotatable bonds is 7. The number of benzene rings is 1. The van der Waals surface area contributed by atoms with Crippen molar-refractivity contribution in [2.75, 3.05) is 37.6 Å². The maximum absolute atomic E-state index is 11.2. The smallest absolute Gasteiger partial charge is 0.250 e. The van der Waals surface area contributed by atoms with Gasteiger partial charge in [-0.2, -0.15) is 0 Å². The zero-order valence-corrected chi connectivity index (χ0v) is 19.3. The Morgan fingerprint density at radius 3 is 2.54 bits per heavy atom. The molecule has 3 N–H and O–H groups in total. The molecule has 4 heterocycles. The molecule has 0 spiro atoms. The summed E-state index contributed by atoms with van der Waals surface area (Å²) in [5.41, 5.74) is 10.2. The van der Waals surface area contributed by atoms with Crippen LogP contribution < -0.4 is 10.6 Å². The van der Waals surface area contributed by atoms with Gasteiger partial charge in [-0.15, -0.1) is 0 Å². The highest BCUT2D eigenvalue weighted by atomic mass is 16.1. The van der Waals surface area contributed by atoms with Gasteiger partial charge in [-0.25, -0.2) is 14.8 Å². The van der Waals surface area contributed by atoms with Crippen LogP contribution in [0.15, 0.2) is 55.1 Å². The summed E-state index contributed by atoms with van der Waals surface area (Å²) in [7, 11) is 0. The van der Waals surface area contributed by atoms with Gasteiger partial charge in [0.05, 0.1) is 17.8 Å². The second kappa shape index (κ2) is 9.91. The van der Waals surface area contributed by atoms with Crippen LogP contribution in [0.5, 0.6) is 0 Å². The first-order chi connectivity index (χ1) is 17.1. The van der Waals surface area contributed by atoms with E-state index in [0.717, 1.165) is 68.0 Å². The summed E-state index contributed by atoms with van der Waals surface area (Å²) in [5.74, 6) is 0.222. The van der Waals surface area contributed by atoms with Crippen LogP contribution >= 0.6 is 0 Å². The molecule has 3 aromatic heterocycles. The Labute approximate surface area is 203 Å². The van der Waals surface area contributed by atoms with Gasteiger partial charge in [0.1, 0.15) is 0 Å². The topological polar surface area (TPSA) is 108 Å². The number of H-pyrrole nitrogens is 1. The van der Waals surface area contributed by atoms with Gasteiger partial charge >= 0.3 is 0 Å². The number of nitrogens with two attached hydrogens (primary N) is 1. The largest absolute Gasteiger partial charge is 0.366 e. The molecule has 5 rings (SSSR count). The molecule has 1 aliphatic rings. The van der Waals surface area contributed by atoms with Crippen LogP contribution in [0.4, 0.5) is 11.6 Å². The normalized spacial score (nSPS) is 14.2. The Bertz CT molecular complexity index is 1360. The Hall–Kier alpha value is -4.29. The summed E-state index contributed by atoms with van der Waals surface area (Å²) in [6.07, 6.45) is 9.12. The molecule has 0 unspecified atom stereocenters. The highest BCUT2D eigenvalue weighted by Crippen LogP contribution is 2.25. The Morgan fingerprint density at radius 2 is 1.86 bits per heavy atom. The van der Waals surface area contributed by atoms with E-state index in [0.29, 0.717) is 16.9 Å². The van der Waals surface area contributed by atoms with E-state index in [2.05, 4.69) is 40.8 Å². The summed E-state index contributed by atoms with van der Waals surface area (Å²) in [5, 5.41) is 1.16. The van der Waals surface area contributed by atoms with Crippen LogP contribution in [0, 0.1) is 6.57 Å². The van der Waals surface area contributed by atoms with E-state index in [1.54, 1.807) is 24.5 Å². The van der Waals surface area contributed by atoms with Crippen LogP contribution in [-0.4, -0.2) is 63.5 Å². The van der Waals surface area contributed by atoms with Crippen molar-refractivity contribution in [3.05, 3.63) is 77.7 Å². The lowest BCUT2D eigenvalue weighted by atomic mass is 10.1. The summed E-state index contributed by atoms with van der Waals surface area (Å²) in [4.78, 5) is 36.1. The van der Waals surface area contributed by atoms with Crippen LogP contribution in [-0.2, 0) is 6.42 Å². The number of fused-ring (bicyclic) bond motifs is 1. The van der Waals surface area contributed by atoms with Crippen molar-refractivity contribution in [2.24, 2.45) is 5.73 Å². The van der Waals surface area contributed by atoms with Crippen molar-refractivity contribution in [1.82, 2.24) is 24.8 Å². The van der Waals surface area contributed by atoms with Crippen molar-refractivity contribution >= 4 is 28.4 Å². The van der Waals surface area contributed by atoms with E-state index in [4.69, 9.17) is 12.3 Å². The molecule has 0 saturated carbocycles. The van der Waals surface area contributed by atoms with Gasteiger partial charge in [0.2, 0.25) is 11.9 Å². The summed E-state index contributed by atoms with van der Waals surface area (Å²) in [6, 6.07) is 9.21. The second-order valence-corrected chi connectivity index (χ2v) is 8.66. The first-order valence-corrected chi connectivity index (χ1v) is 11.6. The molecule has 4 aromatic rings. The first-order valence-electron chi connectivity index (χ1n) is 11.6. The number of hydrogen-bond donors (Lipinski definition) is 2. The number of pyridine rings is 1. The molecule has 9 heteroatoms. The zero-order valence-electron chi connectivity index (χ0n) is 19.3. The highest BCUT2D eigenvalue weighted by molar-refractivity contribution is 5.92. The quantitative estimate of drug-likeness (QED) is 0.404. The molecule has 176 valence electrons. The number of piperazine rings is 1. The third-order valence-electron chi connectivity index (χ3n) is 6.44. The van der Waals surface area contributed by atoms with E-state index in [1.807, 2.05) is 18.2 Å². The molecule has 1 saturated heterocycles. The van der Waals surface area contributed by atoms with Crippen LogP contribution in [0.2, 0.25) is 0 Å². The van der Waals surface area contributed by atoms with Crippen molar-refractivity contribution in [1.29, 1.82) is 0 Å². The molecule has 1 aliphatic heterocycles. The van der Waals surface area contributed by atoms with Crippen molar-refractivity contribution < 1.29 is 4.79 Å². The molecular formula is C26H26N8O. The van der Waals surface area contributed by atoms with Gasteiger partial charge in [-0.05, 0) is 54.6 Å². The van der Waals surface area contributed by atoms with E-state index < -0.39 is 5.91 Å². The third kappa shape index (κ3) is 4.98. The molecule has 1 amide bonds. The van der Waals surface area contributed by atoms with Gasteiger partial charge in [0.15, 0.2) is 5.69 Å². The monoisotopic (exact) mass is 466 g/mol.